The van der Waals surface area contributed by atoms with Crippen LogP contribution in [0, 0.1) is 11.3 Å². The molecule has 1 aromatic carbocycles. The lowest BCUT2D eigenvalue weighted by atomic mass is 9.84. The van der Waals surface area contributed by atoms with Crippen molar-refractivity contribution in [3.05, 3.63) is 51.7 Å². The molecule has 3 aliphatic rings. The largest absolute Gasteiger partial charge is 0.487 e. The smallest absolute Gasteiger partial charge is 0.419 e. The van der Waals surface area contributed by atoms with Crippen LogP contribution in [-0.4, -0.2) is 82.2 Å². The average molecular weight is 688 g/mol. The van der Waals surface area contributed by atoms with E-state index >= 15 is 0 Å². The number of piperidine rings is 2. The standard InChI is InChI=1S/C34H40F3N5O5S/c1-33(2)9-3-10-41(20-33)18-28-31(22-4-5-27(24(14-22)34(35,36)37)47-23-8-13-46-19-23)40-30(48-28)15-26(43)25-16-39-29(17-38-25)42-11-6-21(7-12-42)32(44)45/h4-5,14,16-17,21,23H,3,6-13,15,18-20H2,1-2H3,(H,44,45)/t23-/m1/s1. The van der Waals surface area contributed by atoms with Crippen molar-refractivity contribution in [2.75, 3.05) is 44.3 Å². The second kappa shape index (κ2) is 14.1. The lowest BCUT2D eigenvalue weighted by Gasteiger charge is -2.37. The van der Waals surface area contributed by atoms with Crippen LogP contribution < -0.4 is 9.64 Å². The number of anilines is 1. The molecule has 0 amide bonds. The Morgan fingerprint density at radius 2 is 1.92 bits per heavy atom. The maximum Gasteiger partial charge on any atom is 0.419 e. The van der Waals surface area contributed by atoms with E-state index in [9.17, 15) is 27.9 Å². The number of aliphatic carboxylic acids is 1. The van der Waals surface area contributed by atoms with Crippen LogP contribution >= 0.6 is 11.3 Å². The van der Waals surface area contributed by atoms with Gasteiger partial charge in [0.05, 0.1) is 49.2 Å². The molecule has 0 bridgehead atoms. The first kappa shape index (κ1) is 34.3. The Morgan fingerprint density at radius 1 is 1.12 bits per heavy atom. The van der Waals surface area contributed by atoms with Gasteiger partial charge in [-0.3, -0.25) is 14.5 Å². The number of carbonyl (C=O) groups is 2. The summed E-state index contributed by atoms with van der Waals surface area (Å²) >= 11 is 1.34. The van der Waals surface area contributed by atoms with Crippen molar-refractivity contribution >= 4 is 28.9 Å². The monoisotopic (exact) mass is 687 g/mol. The summed E-state index contributed by atoms with van der Waals surface area (Å²) < 4.78 is 53.9. The molecule has 2 aromatic heterocycles. The lowest BCUT2D eigenvalue weighted by molar-refractivity contribution is -0.142. The van der Waals surface area contributed by atoms with Gasteiger partial charge < -0.3 is 19.5 Å². The summed E-state index contributed by atoms with van der Waals surface area (Å²) in [5.74, 6) is -1.13. The second-order valence-electron chi connectivity index (χ2n) is 13.6. The molecule has 258 valence electrons. The molecular weight excluding hydrogens is 647 g/mol. The maximum absolute atomic E-state index is 14.3. The number of thiazole rings is 1. The summed E-state index contributed by atoms with van der Waals surface area (Å²) in [7, 11) is 0. The Balaban J connectivity index is 1.24. The zero-order chi connectivity index (χ0) is 34.1. The highest BCUT2D eigenvalue weighted by atomic mass is 32.1. The number of ether oxygens (including phenoxy) is 2. The van der Waals surface area contributed by atoms with Crippen molar-refractivity contribution in [1.82, 2.24) is 19.9 Å². The number of alkyl halides is 3. The van der Waals surface area contributed by atoms with Crippen LogP contribution in [0.2, 0.25) is 0 Å². The number of benzene rings is 1. The first-order chi connectivity index (χ1) is 22.8. The molecule has 5 heterocycles. The van der Waals surface area contributed by atoms with E-state index in [1.165, 1.54) is 29.8 Å². The number of carboxylic acids is 1. The summed E-state index contributed by atoms with van der Waals surface area (Å²) in [4.78, 5) is 43.2. The minimum Gasteiger partial charge on any atom is -0.487 e. The molecule has 1 atom stereocenters. The van der Waals surface area contributed by atoms with Crippen LogP contribution in [0.25, 0.3) is 11.3 Å². The Morgan fingerprint density at radius 3 is 2.56 bits per heavy atom. The van der Waals surface area contributed by atoms with Crippen molar-refractivity contribution in [3.63, 3.8) is 0 Å². The van der Waals surface area contributed by atoms with E-state index in [2.05, 4.69) is 28.7 Å². The van der Waals surface area contributed by atoms with Gasteiger partial charge >= 0.3 is 12.1 Å². The van der Waals surface area contributed by atoms with Gasteiger partial charge in [0.1, 0.15) is 28.4 Å². The fourth-order valence-corrected chi connectivity index (χ4v) is 7.82. The highest BCUT2D eigenvalue weighted by molar-refractivity contribution is 7.12. The molecule has 3 saturated heterocycles. The fourth-order valence-electron chi connectivity index (χ4n) is 6.69. The molecule has 48 heavy (non-hydrogen) atoms. The molecule has 3 aromatic rings. The Kier molecular flexibility index (Phi) is 10.0. The highest BCUT2D eigenvalue weighted by Gasteiger charge is 2.37. The number of nitrogens with zero attached hydrogens (tertiary/aromatic N) is 5. The van der Waals surface area contributed by atoms with E-state index < -0.39 is 23.8 Å². The summed E-state index contributed by atoms with van der Waals surface area (Å²) in [6.07, 6.45) is 1.44. The molecule has 14 heteroatoms. The highest BCUT2D eigenvalue weighted by Crippen LogP contribution is 2.41. The Bertz CT molecular complexity index is 1620. The molecule has 1 N–H and O–H groups in total. The Hall–Kier alpha value is -3.62. The molecule has 3 fully saturated rings. The van der Waals surface area contributed by atoms with Gasteiger partial charge in [0.25, 0.3) is 0 Å². The third-order valence-electron chi connectivity index (χ3n) is 9.23. The quantitative estimate of drug-likeness (QED) is 0.249. The lowest BCUT2D eigenvalue weighted by Crippen LogP contribution is -2.39. The van der Waals surface area contributed by atoms with Crippen LogP contribution in [0.3, 0.4) is 0 Å². The Labute approximate surface area is 281 Å². The number of hydrogen-bond acceptors (Lipinski definition) is 10. The van der Waals surface area contributed by atoms with Gasteiger partial charge in [0.2, 0.25) is 0 Å². The number of ketones is 1. The summed E-state index contributed by atoms with van der Waals surface area (Å²) in [6, 6.07) is 4.06. The molecule has 3 aliphatic heterocycles. The number of rotatable bonds is 10. The van der Waals surface area contributed by atoms with Crippen molar-refractivity contribution in [2.24, 2.45) is 11.3 Å². The molecule has 0 spiro atoms. The number of halogens is 3. The van der Waals surface area contributed by atoms with Crippen molar-refractivity contribution in [1.29, 1.82) is 0 Å². The normalized spacial score (nSPS) is 20.6. The fraction of sp³-hybridized carbons (Fsp3) is 0.559. The van der Waals surface area contributed by atoms with Crippen LogP contribution in [0.5, 0.6) is 5.75 Å². The summed E-state index contributed by atoms with van der Waals surface area (Å²) in [6.45, 7) is 8.42. The predicted molar refractivity (Wildman–Crippen MR) is 173 cm³/mol. The van der Waals surface area contributed by atoms with Gasteiger partial charge in [-0.05, 0) is 55.8 Å². The molecule has 10 nitrogen and oxygen atoms in total. The van der Waals surface area contributed by atoms with E-state index in [0.29, 0.717) is 67.6 Å². The van der Waals surface area contributed by atoms with Crippen molar-refractivity contribution in [3.8, 4) is 17.0 Å². The zero-order valence-corrected chi connectivity index (χ0v) is 27.9. The minimum atomic E-state index is -4.65. The predicted octanol–water partition coefficient (Wildman–Crippen LogP) is 6.14. The summed E-state index contributed by atoms with van der Waals surface area (Å²) in [5, 5.41) is 9.74. The second-order valence-corrected chi connectivity index (χ2v) is 14.8. The van der Waals surface area contributed by atoms with E-state index in [0.717, 1.165) is 36.9 Å². The van der Waals surface area contributed by atoms with Gasteiger partial charge in [-0.2, -0.15) is 13.2 Å². The number of carboxylic acid groups (broad SMARTS) is 1. The van der Waals surface area contributed by atoms with Gasteiger partial charge in [0.15, 0.2) is 5.78 Å². The number of likely N-dealkylation sites (tertiary alicyclic amines) is 1. The third-order valence-corrected chi connectivity index (χ3v) is 10.3. The van der Waals surface area contributed by atoms with E-state index in [1.54, 1.807) is 6.07 Å². The number of aromatic nitrogens is 3. The number of hydrogen-bond donors (Lipinski definition) is 1. The topological polar surface area (TPSA) is 118 Å². The number of carbonyl (C=O) groups excluding carboxylic acids is 1. The zero-order valence-electron chi connectivity index (χ0n) is 27.1. The maximum atomic E-state index is 14.3. The minimum absolute atomic E-state index is 0.0732. The molecular formula is C34H40F3N5O5S. The van der Waals surface area contributed by atoms with Crippen LogP contribution in [0.15, 0.2) is 30.6 Å². The third kappa shape index (κ3) is 8.15. The van der Waals surface area contributed by atoms with E-state index in [-0.39, 0.29) is 41.6 Å². The van der Waals surface area contributed by atoms with Gasteiger partial charge in [-0.15, -0.1) is 11.3 Å². The summed E-state index contributed by atoms with van der Waals surface area (Å²) in [5.41, 5.74) is 0.149. The first-order valence-corrected chi connectivity index (χ1v) is 17.2. The van der Waals surface area contributed by atoms with Gasteiger partial charge in [0, 0.05) is 43.0 Å². The van der Waals surface area contributed by atoms with Gasteiger partial charge in [-0.25, -0.2) is 15.0 Å². The van der Waals surface area contributed by atoms with E-state index in [4.69, 9.17) is 14.5 Å². The van der Waals surface area contributed by atoms with Crippen molar-refractivity contribution in [2.45, 2.75) is 71.2 Å². The van der Waals surface area contributed by atoms with Crippen LogP contribution in [-0.2, 0) is 28.7 Å². The number of Topliss-reactive ketones (excluding diaryl/α,β-unsaturated/α-hetero) is 1. The molecule has 0 saturated carbocycles. The SMILES string of the molecule is CC1(C)CCCN(Cc2sc(CC(=O)c3cnc(N4CCC(C(=O)O)CC4)cn3)nc2-c2ccc(O[C@@H]3CCOC3)c(C(F)(F)F)c2)C1. The van der Waals surface area contributed by atoms with Crippen LogP contribution in [0.1, 0.15) is 71.9 Å². The van der Waals surface area contributed by atoms with Crippen molar-refractivity contribution < 1.29 is 37.3 Å². The first-order valence-electron chi connectivity index (χ1n) is 16.3. The van der Waals surface area contributed by atoms with E-state index in [1.807, 2.05) is 4.90 Å². The average Bonchev–Trinajstić information content (AvgIpc) is 3.70. The molecule has 0 aliphatic carbocycles. The molecule has 0 unspecified atom stereocenters. The van der Waals surface area contributed by atoms with Crippen LogP contribution in [0.4, 0.5) is 19.0 Å². The molecule has 0 radical (unpaired) electrons. The molecule has 6 rings (SSSR count). The van der Waals surface area contributed by atoms with Gasteiger partial charge in [-0.1, -0.05) is 13.8 Å².